The molecule has 0 spiro atoms. The van der Waals surface area contributed by atoms with Crippen LogP contribution in [-0.4, -0.2) is 72.8 Å². The summed E-state index contributed by atoms with van der Waals surface area (Å²) in [5.41, 5.74) is 0. The fourth-order valence-corrected chi connectivity index (χ4v) is 7.50. The van der Waals surface area contributed by atoms with Crippen molar-refractivity contribution in [2.45, 2.75) is 10.5 Å². The van der Waals surface area contributed by atoms with Crippen LogP contribution in [0.3, 0.4) is 0 Å². The van der Waals surface area contributed by atoms with Crippen molar-refractivity contribution in [3.05, 3.63) is 0 Å². The van der Waals surface area contributed by atoms with E-state index in [4.69, 9.17) is 0 Å². The zero-order chi connectivity index (χ0) is 12.1. The van der Waals surface area contributed by atoms with Gasteiger partial charge in [0, 0.05) is 0 Å². The fourth-order valence-electron chi connectivity index (χ4n) is 1.32. The van der Waals surface area contributed by atoms with Gasteiger partial charge >= 0.3 is 59.1 Å². The van der Waals surface area contributed by atoms with Gasteiger partial charge in [0.1, 0.15) is 0 Å². The molecule has 1 heterocycles. The summed E-state index contributed by atoms with van der Waals surface area (Å²) >= 11 is 0. The second-order valence-electron chi connectivity index (χ2n) is 3.14. The van der Waals surface area contributed by atoms with E-state index in [0.717, 1.165) is 0 Å². The number of hydrogen-bond donors (Lipinski definition) is 0. The van der Waals surface area contributed by atoms with Crippen molar-refractivity contribution in [2.75, 3.05) is 11.5 Å². The molecule has 6 N–H and O–H groups in total. The van der Waals surface area contributed by atoms with Crippen molar-refractivity contribution in [2.24, 2.45) is 0 Å². The van der Waals surface area contributed by atoms with Crippen molar-refractivity contribution in [1.29, 1.82) is 0 Å². The molecule has 2 atom stereocenters. The minimum atomic E-state index is -5.11. The van der Waals surface area contributed by atoms with Gasteiger partial charge in [0.05, 0.1) is 42.2 Å². The average molecular weight is 378 g/mol. The average Bonchev–Trinajstić information content (AvgIpc) is 2.23. The first kappa shape index (κ1) is 33.3. The predicted molar refractivity (Wildman–Crippen MR) is 56.5 cm³/mol. The Balaban J connectivity index is -0.000000150. The summed E-state index contributed by atoms with van der Waals surface area (Å²) in [6.07, 6.45) is 0. The van der Waals surface area contributed by atoms with Crippen LogP contribution < -0.4 is 59.1 Å². The Morgan fingerprint density at radius 1 is 0.750 bits per heavy atom. The Labute approximate surface area is 160 Å². The van der Waals surface area contributed by atoms with Crippen LogP contribution in [0.25, 0.3) is 0 Å². The maximum atomic E-state index is 10.9. The van der Waals surface area contributed by atoms with Crippen molar-refractivity contribution in [3.63, 3.8) is 0 Å². The van der Waals surface area contributed by atoms with Crippen molar-refractivity contribution >= 4 is 30.1 Å². The summed E-state index contributed by atoms with van der Waals surface area (Å²) in [7, 11) is -14.2. The maximum Gasteiger partial charge on any atom is 1.00 e. The van der Waals surface area contributed by atoms with Crippen LogP contribution in [-0.2, 0) is 30.1 Å². The number of rotatable bonds is 2. The van der Waals surface area contributed by atoms with E-state index in [1.807, 2.05) is 0 Å². The van der Waals surface area contributed by atoms with E-state index in [-0.39, 0.29) is 75.5 Å². The monoisotopic (exact) mass is 378 g/mol. The zero-order valence-electron chi connectivity index (χ0n) is 10.6. The van der Waals surface area contributed by atoms with E-state index < -0.39 is 52.1 Å². The molecular weight excluding hydrogens is 366 g/mol. The van der Waals surface area contributed by atoms with Crippen LogP contribution in [0.5, 0.6) is 0 Å². The second kappa shape index (κ2) is 10.4. The van der Waals surface area contributed by atoms with Crippen LogP contribution in [0.4, 0.5) is 0 Å². The standard InChI is InChI=1S/C4H8O8S3.2Na.3H2O/c5-13(6)1-3(14(7,8)9)4(2-13)15(10,11)12;;;;;/h3-4H,1-2H2,(H,7,8,9)(H,10,11,12);;;3*1H2/q;2*+1;;;/p-2. The van der Waals surface area contributed by atoms with E-state index in [0.29, 0.717) is 0 Å². The van der Waals surface area contributed by atoms with Gasteiger partial charge in [-0.3, -0.25) is 0 Å². The zero-order valence-corrected chi connectivity index (χ0v) is 17.0. The Kier molecular flexibility index (Phi) is 17.4. The Morgan fingerprint density at radius 2 is 0.950 bits per heavy atom. The van der Waals surface area contributed by atoms with Gasteiger partial charge in [0.25, 0.3) is 0 Å². The molecule has 2 unspecified atom stereocenters. The Morgan fingerprint density at radius 3 is 1.10 bits per heavy atom. The van der Waals surface area contributed by atoms with Gasteiger partial charge < -0.3 is 25.5 Å². The molecule has 0 bridgehead atoms. The topological polar surface area (TPSA) is 243 Å². The van der Waals surface area contributed by atoms with Gasteiger partial charge in [-0.25, -0.2) is 25.3 Å². The van der Waals surface area contributed by atoms with Crippen molar-refractivity contribution < 1.29 is 110 Å². The molecule has 0 radical (unpaired) electrons. The van der Waals surface area contributed by atoms with E-state index >= 15 is 0 Å². The molecule has 1 aliphatic heterocycles. The Bertz CT molecular complexity index is 517. The molecule has 0 aromatic carbocycles. The molecule has 1 aliphatic rings. The van der Waals surface area contributed by atoms with Crippen LogP contribution in [0.1, 0.15) is 0 Å². The van der Waals surface area contributed by atoms with E-state index in [9.17, 15) is 34.4 Å². The molecule has 0 aromatic heterocycles. The molecule has 1 fully saturated rings. The summed E-state index contributed by atoms with van der Waals surface area (Å²) in [5, 5.41) is -4.38. The molecule has 1 saturated heterocycles. The molecule has 0 aliphatic carbocycles. The smallest absolute Gasteiger partial charge is 0.748 e. The molecule has 1 rings (SSSR count). The van der Waals surface area contributed by atoms with Crippen LogP contribution in [0.15, 0.2) is 0 Å². The van der Waals surface area contributed by atoms with E-state index in [1.54, 1.807) is 0 Å². The third kappa shape index (κ3) is 8.94. The van der Waals surface area contributed by atoms with Crippen molar-refractivity contribution in [3.8, 4) is 0 Å². The summed E-state index contributed by atoms with van der Waals surface area (Å²) in [6, 6.07) is 0. The summed E-state index contributed by atoms with van der Waals surface area (Å²) in [5.74, 6) is -2.21. The molecule has 0 aromatic rings. The Hall–Kier alpha value is 1.65. The quantitative estimate of drug-likeness (QED) is 0.329. The SMILES string of the molecule is O.O.O.O=S1(=O)CC(S(=O)(=O)[O-])C(S(=O)(=O)[O-])C1.[Na+].[Na+]. The summed E-state index contributed by atoms with van der Waals surface area (Å²) in [6.45, 7) is 0. The first-order chi connectivity index (χ1) is 6.43. The third-order valence-electron chi connectivity index (χ3n) is 1.99. The third-order valence-corrected chi connectivity index (χ3v) is 6.79. The van der Waals surface area contributed by atoms with Crippen LogP contribution in [0, 0.1) is 0 Å². The minimum absolute atomic E-state index is 0. The maximum absolute atomic E-state index is 10.9. The summed E-state index contributed by atoms with van der Waals surface area (Å²) in [4.78, 5) is 0. The molecular formula is C4H12Na2O11S3. The van der Waals surface area contributed by atoms with Gasteiger partial charge in [0.15, 0.2) is 9.84 Å². The normalized spacial score (nSPS) is 23.7. The van der Waals surface area contributed by atoms with Gasteiger partial charge in [-0.2, -0.15) is 0 Å². The van der Waals surface area contributed by atoms with Crippen molar-refractivity contribution in [1.82, 2.24) is 0 Å². The molecule has 0 amide bonds. The molecule has 20 heavy (non-hydrogen) atoms. The molecule has 11 nitrogen and oxygen atoms in total. The van der Waals surface area contributed by atoms with E-state index in [2.05, 4.69) is 0 Å². The minimum Gasteiger partial charge on any atom is -0.748 e. The largest absolute Gasteiger partial charge is 1.00 e. The number of sulfone groups is 1. The molecule has 114 valence electrons. The number of hydrogen-bond acceptors (Lipinski definition) is 8. The van der Waals surface area contributed by atoms with Crippen LogP contribution >= 0.6 is 0 Å². The predicted octanol–water partition coefficient (Wildman–Crippen LogP) is -11.2. The van der Waals surface area contributed by atoms with E-state index in [1.165, 1.54) is 0 Å². The molecule has 0 saturated carbocycles. The second-order valence-corrected chi connectivity index (χ2v) is 8.48. The summed E-state index contributed by atoms with van der Waals surface area (Å²) < 4.78 is 85.2. The molecule has 16 heteroatoms. The first-order valence-corrected chi connectivity index (χ1v) is 8.30. The van der Waals surface area contributed by atoms with Gasteiger partial charge in [-0.15, -0.1) is 0 Å². The van der Waals surface area contributed by atoms with Gasteiger partial charge in [0.2, 0.25) is 0 Å². The fraction of sp³-hybridized carbons (Fsp3) is 1.00. The van der Waals surface area contributed by atoms with Gasteiger partial charge in [-0.05, 0) is 0 Å². The first-order valence-electron chi connectivity index (χ1n) is 3.53. The van der Waals surface area contributed by atoms with Crippen LogP contribution in [0.2, 0.25) is 0 Å². The van der Waals surface area contributed by atoms with Gasteiger partial charge in [-0.1, -0.05) is 0 Å².